The SMILES string of the molecule is CN(C(=O)c1ccc(F)cc1)c1nc(-c2cc(NCCON)ncn2)cs1. The van der Waals surface area contributed by atoms with Crippen molar-refractivity contribution in [2.45, 2.75) is 0 Å². The van der Waals surface area contributed by atoms with Gasteiger partial charge in [0, 0.05) is 30.6 Å². The van der Waals surface area contributed by atoms with E-state index in [1.54, 1.807) is 18.5 Å². The number of hydrogen-bond donors (Lipinski definition) is 2. The molecule has 0 aliphatic carbocycles. The maximum absolute atomic E-state index is 13.0. The van der Waals surface area contributed by atoms with Crippen molar-refractivity contribution in [1.29, 1.82) is 0 Å². The average Bonchev–Trinajstić information content (AvgIpc) is 3.18. The van der Waals surface area contributed by atoms with Crippen molar-refractivity contribution in [3.05, 3.63) is 53.4 Å². The van der Waals surface area contributed by atoms with Crippen LogP contribution in [0.25, 0.3) is 11.4 Å². The number of benzene rings is 1. The highest BCUT2D eigenvalue weighted by atomic mass is 32.1. The summed E-state index contributed by atoms with van der Waals surface area (Å²) in [5.74, 6) is 4.93. The summed E-state index contributed by atoms with van der Waals surface area (Å²) >= 11 is 1.31. The highest BCUT2D eigenvalue weighted by Crippen LogP contribution is 2.27. The number of nitrogens with zero attached hydrogens (tertiary/aromatic N) is 4. The molecule has 2 aromatic heterocycles. The van der Waals surface area contributed by atoms with Crippen molar-refractivity contribution >= 4 is 28.2 Å². The molecule has 0 aliphatic heterocycles. The summed E-state index contributed by atoms with van der Waals surface area (Å²) in [6, 6.07) is 7.13. The molecular formula is C17H17FN6O2S. The molecule has 140 valence electrons. The van der Waals surface area contributed by atoms with Crippen molar-refractivity contribution in [2.75, 3.05) is 30.4 Å². The fraction of sp³-hybridized carbons (Fsp3) is 0.176. The Morgan fingerprint density at radius 3 is 2.81 bits per heavy atom. The lowest BCUT2D eigenvalue weighted by atomic mass is 10.2. The molecule has 1 aromatic carbocycles. The first-order chi connectivity index (χ1) is 13.1. The van der Waals surface area contributed by atoms with Gasteiger partial charge in [-0.1, -0.05) is 0 Å². The molecule has 2 heterocycles. The molecule has 10 heteroatoms. The summed E-state index contributed by atoms with van der Waals surface area (Å²) in [6.45, 7) is 0.848. The van der Waals surface area contributed by atoms with Crippen LogP contribution in [0.15, 0.2) is 42.0 Å². The molecule has 3 aromatic rings. The normalized spacial score (nSPS) is 10.6. The summed E-state index contributed by atoms with van der Waals surface area (Å²) in [6.07, 6.45) is 1.42. The van der Waals surface area contributed by atoms with E-state index in [0.717, 1.165) is 0 Å². The lowest BCUT2D eigenvalue weighted by Crippen LogP contribution is -2.26. The number of nitrogens with two attached hydrogens (primary N) is 1. The van der Waals surface area contributed by atoms with Gasteiger partial charge in [0.25, 0.3) is 5.91 Å². The van der Waals surface area contributed by atoms with E-state index in [-0.39, 0.29) is 5.91 Å². The van der Waals surface area contributed by atoms with Crippen LogP contribution in [0.3, 0.4) is 0 Å². The van der Waals surface area contributed by atoms with Crippen LogP contribution in [0.5, 0.6) is 0 Å². The molecule has 0 fully saturated rings. The van der Waals surface area contributed by atoms with Crippen LogP contribution in [0, 0.1) is 5.82 Å². The second-order valence-corrected chi connectivity index (χ2v) is 6.31. The minimum absolute atomic E-state index is 0.275. The first-order valence-electron chi connectivity index (χ1n) is 7.95. The molecule has 0 saturated carbocycles. The van der Waals surface area contributed by atoms with E-state index >= 15 is 0 Å². The maximum Gasteiger partial charge on any atom is 0.259 e. The number of carbonyl (C=O) groups is 1. The molecule has 3 N–H and O–H groups in total. The zero-order chi connectivity index (χ0) is 19.2. The van der Waals surface area contributed by atoms with Gasteiger partial charge in [-0.25, -0.2) is 25.2 Å². The third-order valence-electron chi connectivity index (χ3n) is 3.63. The van der Waals surface area contributed by atoms with Crippen molar-refractivity contribution in [3.63, 3.8) is 0 Å². The number of carbonyl (C=O) groups excluding carboxylic acids is 1. The van der Waals surface area contributed by atoms with Crippen molar-refractivity contribution in [3.8, 4) is 11.4 Å². The molecule has 0 atom stereocenters. The summed E-state index contributed by atoms with van der Waals surface area (Å²) < 4.78 is 13.0. The van der Waals surface area contributed by atoms with Crippen LogP contribution in [0.1, 0.15) is 10.4 Å². The number of aromatic nitrogens is 3. The highest BCUT2D eigenvalue weighted by molar-refractivity contribution is 7.14. The Morgan fingerprint density at radius 2 is 2.07 bits per heavy atom. The van der Waals surface area contributed by atoms with Crippen molar-refractivity contribution in [2.24, 2.45) is 5.90 Å². The van der Waals surface area contributed by atoms with E-state index in [9.17, 15) is 9.18 Å². The smallest absolute Gasteiger partial charge is 0.259 e. The van der Waals surface area contributed by atoms with E-state index in [1.807, 2.05) is 0 Å². The Bertz CT molecular complexity index is 918. The van der Waals surface area contributed by atoms with E-state index in [2.05, 4.69) is 25.1 Å². The van der Waals surface area contributed by atoms with Gasteiger partial charge in [0.2, 0.25) is 0 Å². The maximum atomic E-state index is 13.0. The largest absolute Gasteiger partial charge is 0.368 e. The Kier molecular flexibility index (Phi) is 6.01. The van der Waals surface area contributed by atoms with Gasteiger partial charge in [-0.15, -0.1) is 11.3 Å². The van der Waals surface area contributed by atoms with E-state index in [4.69, 9.17) is 5.90 Å². The predicted octanol–water partition coefficient (Wildman–Crippen LogP) is 2.32. The fourth-order valence-corrected chi connectivity index (χ4v) is 3.02. The predicted molar refractivity (Wildman–Crippen MR) is 101 cm³/mol. The van der Waals surface area contributed by atoms with Gasteiger partial charge in [0.15, 0.2) is 5.13 Å². The lowest BCUT2D eigenvalue weighted by Gasteiger charge is -2.13. The van der Waals surface area contributed by atoms with E-state index < -0.39 is 5.82 Å². The van der Waals surface area contributed by atoms with Gasteiger partial charge >= 0.3 is 0 Å². The number of anilines is 2. The van der Waals surface area contributed by atoms with Crippen molar-refractivity contribution in [1.82, 2.24) is 15.0 Å². The number of amides is 1. The number of halogens is 1. The zero-order valence-corrected chi connectivity index (χ0v) is 15.2. The Hall–Kier alpha value is -2.95. The van der Waals surface area contributed by atoms with Crippen LogP contribution < -0.4 is 16.1 Å². The lowest BCUT2D eigenvalue weighted by molar-refractivity contribution is 0.0993. The second kappa shape index (κ2) is 8.62. The van der Waals surface area contributed by atoms with Gasteiger partial charge in [-0.05, 0) is 24.3 Å². The molecule has 1 amide bonds. The molecule has 0 aliphatic rings. The van der Waals surface area contributed by atoms with Gasteiger partial charge in [0.1, 0.15) is 23.7 Å². The first-order valence-corrected chi connectivity index (χ1v) is 8.83. The number of hydrogen-bond acceptors (Lipinski definition) is 8. The molecule has 0 saturated heterocycles. The summed E-state index contributed by atoms with van der Waals surface area (Å²) in [5, 5.41) is 5.36. The van der Waals surface area contributed by atoms with E-state index in [1.165, 1.54) is 46.8 Å². The number of thiazole rings is 1. The minimum Gasteiger partial charge on any atom is -0.368 e. The number of nitrogens with one attached hydrogen (secondary N) is 1. The molecule has 27 heavy (non-hydrogen) atoms. The Labute approximate surface area is 158 Å². The first kappa shape index (κ1) is 18.8. The summed E-state index contributed by atoms with van der Waals surface area (Å²) in [7, 11) is 1.62. The van der Waals surface area contributed by atoms with Gasteiger partial charge in [-0.2, -0.15) is 0 Å². The van der Waals surface area contributed by atoms with E-state index in [0.29, 0.717) is 41.1 Å². The molecular weight excluding hydrogens is 371 g/mol. The number of rotatable bonds is 7. The minimum atomic E-state index is -0.392. The van der Waals surface area contributed by atoms with Gasteiger partial charge in [-0.3, -0.25) is 9.69 Å². The summed E-state index contributed by atoms with van der Waals surface area (Å²) in [4.78, 5) is 31.2. The van der Waals surface area contributed by atoms with Gasteiger partial charge in [0.05, 0.1) is 12.3 Å². The third-order valence-corrected chi connectivity index (χ3v) is 4.55. The van der Waals surface area contributed by atoms with Crippen LogP contribution in [-0.4, -0.2) is 41.1 Å². The molecule has 0 spiro atoms. The standard InChI is InChI=1S/C17H17FN6O2S/c1-24(16(25)11-2-4-12(18)5-3-11)17-23-14(9-27-17)13-8-15(22-10-21-13)20-6-7-26-19/h2-5,8-10H,6-7,19H2,1H3,(H,20,21,22). The van der Waals surface area contributed by atoms with Crippen molar-refractivity contribution < 1.29 is 14.0 Å². The molecule has 3 rings (SSSR count). The Balaban J connectivity index is 1.75. The van der Waals surface area contributed by atoms with Crippen LogP contribution in [0.4, 0.5) is 15.3 Å². The zero-order valence-electron chi connectivity index (χ0n) is 14.4. The monoisotopic (exact) mass is 388 g/mol. The quantitative estimate of drug-likeness (QED) is 0.472. The van der Waals surface area contributed by atoms with Crippen LogP contribution >= 0.6 is 11.3 Å². The topological polar surface area (TPSA) is 106 Å². The van der Waals surface area contributed by atoms with Crippen LogP contribution in [-0.2, 0) is 4.84 Å². The molecule has 0 radical (unpaired) electrons. The Morgan fingerprint density at radius 1 is 1.30 bits per heavy atom. The fourth-order valence-electron chi connectivity index (χ4n) is 2.24. The van der Waals surface area contributed by atoms with Crippen LogP contribution in [0.2, 0.25) is 0 Å². The average molecular weight is 388 g/mol. The van der Waals surface area contributed by atoms with Gasteiger partial charge < -0.3 is 10.2 Å². The molecule has 8 nitrogen and oxygen atoms in total. The molecule has 0 unspecified atom stereocenters. The summed E-state index contributed by atoms with van der Waals surface area (Å²) in [5.41, 5.74) is 1.62. The molecule has 0 bridgehead atoms. The second-order valence-electron chi connectivity index (χ2n) is 5.47. The third kappa shape index (κ3) is 4.61. The highest BCUT2D eigenvalue weighted by Gasteiger charge is 2.17.